The van der Waals surface area contributed by atoms with Gasteiger partial charge in [-0.2, -0.15) is 8.42 Å². The molecular weight excluding hydrogens is 244 g/mol. The largest absolute Gasteiger partial charge is 0.495 e. The van der Waals surface area contributed by atoms with Crippen LogP contribution in [0.2, 0.25) is 0 Å². The predicted octanol–water partition coefficient (Wildman–Crippen LogP) is 0.994. The van der Waals surface area contributed by atoms with Gasteiger partial charge in [0.05, 0.1) is 7.11 Å². The summed E-state index contributed by atoms with van der Waals surface area (Å²) in [7, 11) is -2.93. The molecule has 17 heavy (non-hydrogen) atoms. The van der Waals surface area contributed by atoms with Crippen LogP contribution in [0.25, 0.3) is 0 Å². The third-order valence-electron chi connectivity index (χ3n) is 2.06. The van der Waals surface area contributed by atoms with Gasteiger partial charge in [-0.25, -0.2) is 0 Å². The maximum absolute atomic E-state index is 11.1. The predicted molar refractivity (Wildman–Crippen MR) is 65.2 cm³/mol. The molecule has 98 valence electrons. The van der Waals surface area contributed by atoms with Gasteiger partial charge in [0, 0.05) is 6.04 Å². The lowest BCUT2D eigenvalue weighted by molar-refractivity contribution is 0.397. The molecule has 6 nitrogen and oxygen atoms in total. The summed E-state index contributed by atoms with van der Waals surface area (Å²) < 4.78 is 36.1. The van der Waals surface area contributed by atoms with E-state index in [0.29, 0.717) is 6.42 Å². The molecule has 1 aromatic rings. The van der Waals surface area contributed by atoms with Gasteiger partial charge in [-0.1, -0.05) is 6.07 Å². The number of hydrogen-bond acceptors (Lipinski definition) is 5. The maximum atomic E-state index is 11.1. The van der Waals surface area contributed by atoms with E-state index in [9.17, 15) is 8.42 Å². The average Bonchev–Trinajstić information content (AvgIpc) is 2.15. The van der Waals surface area contributed by atoms with Crippen molar-refractivity contribution >= 4 is 10.1 Å². The van der Waals surface area contributed by atoms with Gasteiger partial charge in [-0.15, -0.1) is 0 Å². The zero-order chi connectivity index (χ0) is 12.3. The molecule has 7 heteroatoms. The van der Waals surface area contributed by atoms with Gasteiger partial charge in [0.25, 0.3) is 10.1 Å². The van der Waals surface area contributed by atoms with Crippen LogP contribution >= 0.6 is 0 Å². The Morgan fingerprint density at radius 1 is 1.47 bits per heavy atom. The lowest BCUT2D eigenvalue weighted by atomic mass is 10.1. The first-order valence-corrected chi connectivity index (χ1v) is 6.18. The van der Waals surface area contributed by atoms with Gasteiger partial charge in [0.2, 0.25) is 0 Å². The van der Waals surface area contributed by atoms with Crippen LogP contribution in [0.4, 0.5) is 0 Å². The fourth-order valence-electron chi connectivity index (χ4n) is 1.42. The fourth-order valence-corrected chi connectivity index (χ4v) is 2.13. The summed E-state index contributed by atoms with van der Waals surface area (Å²) in [6, 6.07) is 4.51. The number of rotatable bonds is 4. The smallest absolute Gasteiger partial charge is 0.298 e. The zero-order valence-corrected chi connectivity index (χ0v) is 10.7. The molecule has 0 aliphatic carbocycles. The summed E-state index contributed by atoms with van der Waals surface area (Å²) >= 11 is 0. The summed E-state index contributed by atoms with van der Waals surface area (Å²) in [4.78, 5) is -0.229. The van der Waals surface area contributed by atoms with Crippen LogP contribution in [0, 0.1) is 0 Å². The third kappa shape index (κ3) is 4.31. The van der Waals surface area contributed by atoms with E-state index < -0.39 is 10.1 Å². The van der Waals surface area contributed by atoms with E-state index in [0.717, 1.165) is 5.56 Å². The van der Waals surface area contributed by atoms with E-state index in [-0.39, 0.29) is 22.8 Å². The van der Waals surface area contributed by atoms with Crippen LogP contribution in [-0.4, -0.2) is 26.1 Å². The number of nitrogens with two attached hydrogens (primary N) is 1. The molecule has 0 fully saturated rings. The van der Waals surface area contributed by atoms with E-state index in [1.807, 2.05) is 6.92 Å². The van der Waals surface area contributed by atoms with Crippen LogP contribution in [0.5, 0.6) is 5.75 Å². The third-order valence-corrected chi connectivity index (χ3v) is 2.94. The Morgan fingerprint density at radius 2 is 2.06 bits per heavy atom. The molecule has 0 spiro atoms. The molecule has 0 aliphatic rings. The molecule has 0 bridgehead atoms. The van der Waals surface area contributed by atoms with Crippen molar-refractivity contribution in [3.63, 3.8) is 0 Å². The molecule has 0 unspecified atom stereocenters. The Balaban J connectivity index is 0.00000256. The Bertz CT molecular complexity index is 471. The van der Waals surface area contributed by atoms with E-state index in [2.05, 4.69) is 0 Å². The molecule has 0 saturated heterocycles. The quantitative estimate of drug-likeness (QED) is 0.695. The van der Waals surface area contributed by atoms with E-state index >= 15 is 0 Å². The molecule has 1 atom stereocenters. The highest BCUT2D eigenvalue weighted by Gasteiger charge is 2.17. The summed E-state index contributed by atoms with van der Waals surface area (Å²) in [5.41, 5.74) is 6.35. The lowest BCUT2D eigenvalue weighted by Gasteiger charge is -2.10. The second-order valence-electron chi connectivity index (χ2n) is 3.64. The highest BCUT2D eigenvalue weighted by molar-refractivity contribution is 7.86. The Kier molecular flexibility index (Phi) is 5.56. The summed E-state index contributed by atoms with van der Waals surface area (Å²) in [5.74, 6) is 0.121. The van der Waals surface area contributed by atoms with Crippen LogP contribution in [-0.2, 0) is 16.5 Å². The first kappa shape index (κ1) is 15.9. The van der Waals surface area contributed by atoms with Crippen LogP contribution in [0.15, 0.2) is 23.1 Å². The normalized spacial score (nSPS) is 12.7. The number of methoxy groups -OCH3 is 1. The first-order valence-electron chi connectivity index (χ1n) is 4.74. The Hall–Kier alpha value is -1.15. The van der Waals surface area contributed by atoms with Crippen LogP contribution < -0.4 is 16.6 Å². The summed E-state index contributed by atoms with van der Waals surface area (Å²) in [6.45, 7) is 1.82. The second-order valence-corrected chi connectivity index (χ2v) is 5.03. The van der Waals surface area contributed by atoms with Gasteiger partial charge in [0.15, 0.2) is 0 Å². The lowest BCUT2D eigenvalue weighted by Crippen LogP contribution is -2.18. The van der Waals surface area contributed by atoms with Gasteiger partial charge >= 0.3 is 0 Å². The minimum atomic E-state index is -4.27. The highest BCUT2D eigenvalue weighted by atomic mass is 32.2. The number of ether oxygens (including phenoxy) is 1. The van der Waals surface area contributed by atoms with Crippen molar-refractivity contribution in [1.29, 1.82) is 0 Å². The molecule has 0 heterocycles. The molecule has 0 amide bonds. The van der Waals surface area contributed by atoms with Gasteiger partial charge in [0.1, 0.15) is 10.6 Å². The Labute approximate surface area is 101 Å². The minimum absolute atomic E-state index is 0. The monoisotopic (exact) mass is 262 g/mol. The van der Waals surface area contributed by atoms with Crippen molar-refractivity contribution in [1.82, 2.24) is 6.15 Å². The average molecular weight is 262 g/mol. The molecule has 0 saturated carbocycles. The van der Waals surface area contributed by atoms with Crippen molar-refractivity contribution < 1.29 is 17.7 Å². The van der Waals surface area contributed by atoms with Crippen molar-refractivity contribution in [2.24, 2.45) is 5.73 Å². The number of hydrogen-bond donors (Lipinski definition) is 3. The number of benzene rings is 1. The van der Waals surface area contributed by atoms with Gasteiger partial charge in [-0.3, -0.25) is 4.55 Å². The molecule has 1 aromatic carbocycles. The molecule has 1 rings (SSSR count). The van der Waals surface area contributed by atoms with Crippen LogP contribution in [0.1, 0.15) is 12.5 Å². The molecule has 0 radical (unpaired) electrons. The molecule has 0 aromatic heterocycles. The van der Waals surface area contributed by atoms with Crippen molar-refractivity contribution in [3.05, 3.63) is 23.8 Å². The SMILES string of the molecule is COc1ccc(C[C@@H](C)N)cc1S(=O)(=O)O.N. The van der Waals surface area contributed by atoms with Crippen molar-refractivity contribution in [2.45, 2.75) is 24.3 Å². The highest BCUT2D eigenvalue weighted by Crippen LogP contribution is 2.24. The van der Waals surface area contributed by atoms with Crippen LogP contribution in [0.3, 0.4) is 0 Å². The molecular formula is C10H18N2O4S. The van der Waals surface area contributed by atoms with E-state index in [1.54, 1.807) is 6.07 Å². The Morgan fingerprint density at radius 3 is 2.47 bits per heavy atom. The second kappa shape index (κ2) is 5.97. The molecule has 6 N–H and O–H groups in total. The fraction of sp³-hybridized carbons (Fsp3) is 0.400. The zero-order valence-electron chi connectivity index (χ0n) is 9.88. The molecule has 0 aliphatic heterocycles. The summed E-state index contributed by atoms with van der Waals surface area (Å²) in [6.07, 6.45) is 0.534. The van der Waals surface area contributed by atoms with E-state index in [4.69, 9.17) is 15.0 Å². The topological polar surface area (TPSA) is 125 Å². The minimum Gasteiger partial charge on any atom is -0.495 e. The van der Waals surface area contributed by atoms with Crippen molar-refractivity contribution in [2.75, 3.05) is 7.11 Å². The first-order chi connectivity index (χ1) is 7.34. The van der Waals surface area contributed by atoms with Gasteiger partial charge < -0.3 is 16.6 Å². The summed E-state index contributed by atoms with van der Waals surface area (Å²) in [5, 5.41) is 0. The van der Waals surface area contributed by atoms with Gasteiger partial charge in [-0.05, 0) is 31.0 Å². The van der Waals surface area contributed by atoms with E-state index in [1.165, 1.54) is 19.2 Å². The standard InChI is InChI=1S/C10H15NO4S.H3N/c1-7(11)5-8-3-4-9(15-2)10(6-8)16(12,13)14;/h3-4,6-7H,5,11H2,1-2H3,(H,12,13,14);1H3/t7-;/m1./s1. The van der Waals surface area contributed by atoms with Crippen molar-refractivity contribution in [3.8, 4) is 5.75 Å². The maximum Gasteiger partial charge on any atom is 0.298 e.